The zero-order valence-corrected chi connectivity index (χ0v) is 11.2. The maximum atomic E-state index is 10.7. The van der Waals surface area contributed by atoms with Crippen molar-refractivity contribution in [3.8, 4) is 11.5 Å². The van der Waals surface area contributed by atoms with Crippen LogP contribution in [-0.2, 0) is 0 Å². The quantitative estimate of drug-likeness (QED) is 0.785. The van der Waals surface area contributed by atoms with E-state index in [-0.39, 0.29) is 5.92 Å². The average molecular weight is 265 g/mol. The van der Waals surface area contributed by atoms with Crippen LogP contribution >= 0.6 is 0 Å². The van der Waals surface area contributed by atoms with Crippen molar-refractivity contribution >= 4 is 0 Å². The number of nitrogens with zero attached hydrogens (tertiary/aromatic N) is 1. The number of para-hydroxylation sites is 1. The molecule has 0 spiro atoms. The summed E-state index contributed by atoms with van der Waals surface area (Å²) in [5.74, 6) is -0.651. The molecule has 5 heteroatoms. The Bertz CT molecular complexity index is 492. The van der Waals surface area contributed by atoms with Crippen LogP contribution in [-0.4, -0.2) is 48.1 Å². The third kappa shape index (κ3) is 1.89. The highest BCUT2D eigenvalue weighted by Gasteiger charge is 2.51. The number of hydrogen-bond acceptors (Lipinski definition) is 5. The molecule has 19 heavy (non-hydrogen) atoms. The first-order valence-electron chi connectivity index (χ1n) is 6.50. The van der Waals surface area contributed by atoms with Gasteiger partial charge in [-0.2, -0.15) is 0 Å². The minimum absolute atomic E-state index is 0.342. The Morgan fingerprint density at radius 2 is 2.26 bits per heavy atom. The van der Waals surface area contributed by atoms with Gasteiger partial charge in [0.15, 0.2) is 11.5 Å². The Hall–Kier alpha value is -1.30. The summed E-state index contributed by atoms with van der Waals surface area (Å²) < 4.78 is 11.1. The first kappa shape index (κ1) is 12.7. The fraction of sp³-hybridized carbons (Fsp3) is 0.571. The third-order valence-corrected chi connectivity index (χ3v) is 4.15. The Balaban J connectivity index is 2.06. The Kier molecular flexibility index (Phi) is 2.92. The van der Waals surface area contributed by atoms with Crippen LogP contribution in [0.2, 0.25) is 0 Å². The summed E-state index contributed by atoms with van der Waals surface area (Å²) >= 11 is 0. The molecule has 2 heterocycles. The fourth-order valence-electron chi connectivity index (χ4n) is 3.01. The van der Waals surface area contributed by atoms with Crippen molar-refractivity contribution in [3.05, 3.63) is 23.8 Å². The number of likely N-dealkylation sites (tertiary alicyclic amines) is 1. The van der Waals surface area contributed by atoms with Crippen molar-refractivity contribution < 1.29 is 19.7 Å². The Morgan fingerprint density at radius 1 is 1.47 bits per heavy atom. The fourth-order valence-corrected chi connectivity index (χ4v) is 3.01. The van der Waals surface area contributed by atoms with Crippen LogP contribution in [0.4, 0.5) is 0 Å². The number of hydrogen-bond donors (Lipinski definition) is 2. The van der Waals surface area contributed by atoms with E-state index < -0.39 is 11.9 Å². The first-order chi connectivity index (χ1) is 9.05. The molecule has 5 nitrogen and oxygen atoms in total. The van der Waals surface area contributed by atoms with E-state index in [4.69, 9.17) is 9.47 Å². The van der Waals surface area contributed by atoms with E-state index in [1.54, 1.807) is 13.2 Å². The van der Waals surface area contributed by atoms with E-state index in [2.05, 4.69) is 4.90 Å². The predicted octanol–water partition coefficient (Wildman–Crippen LogP) is 0.761. The normalized spacial score (nSPS) is 34.1. The van der Waals surface area contributed by atoms with Gasteiger partial charge in [0.25, 0.3) is 0 Å². The highest BCUT2D eigenvalue weighted by Crippen LogP contribution is 2.49. The molecule has 0 aromatic heterocycles. The second-order valence-corrected chi connectivity index (χ2v) is 5.39. The molecule has 0 bridgehead atoms. The maximum Gasteiger partial charge on any atom is 0.216 e. The molecule has 0 saturated carbocycles. The maximum absolute atomic E-state index is 10.7. The summed E-state index contributed by atoms with van der Waals surface area (Å²) in [4.78, 5) is 2.09. The largest absolute Gasteiger partial charge is 0.493 e. The van der Waals surface area contributed by atoms with E-state index in [1.165, 1.54) is 0 Å². The van der Waals surface area contributed by atoms with Crippen LogP contribution in [0.25, 0.3) is 0 Å². The molecule has 1 aromatic rings. The molecule has 2 aliphatic heterocycles. The van der Waals surface area contributed by atoms with E-state index in [9.17, 15) is 10.2 Å². The number of methoxy groups -OCH3 is 1. The SMILES string of the molecule is COc1cccc2c1OC1(O)CCN(C)CC1C2O. The van der Waals surface area contributed by atoms with Crippen molar-refractivity contribution in [1.82, 2.24) is 4.90 Å². The number of aliphatic hydroxyl groups excluding tert-OH is 1. The van der Waals surface area contributed by atoms with Crippen LogP contribution in [0.1, 0.15) is 18.1 Å². The summed E-state index contributed by atoms with van der Waals surface area (Å²) in [6, 6.07) is 5.40. The van der Waals surface area contributed by atoms with E-state index in [0.29, 0.717) is 30.0 Å². The number of piperidine rings is 1. The smallest absolute Gasteiger partial charge is 0.216 e. The standard InChI is InChI=1S/C14H19NO4/c1-15-7-6-14(17)10(8-15)12(16)9-4-3-5-11(18-2)13(9)19-14/h3-5,10,12,16-17H,6-8H2,1-2H3. The summed E-state index contributed by atoms with van der Waals surface area (Å²) in [7, 11) is 3.53. The molecule has 0 aliphatic carbocycles. The van der Waals surface area contributed by atoms with Gasteiger partial charge in [0, 0.05) is 25.1 Å². The molecule has 1 fully saturated rings. The van der Waals surface area contributed by atoms with Crippen LogP contribution in [0.5, 0.6) is 11.5 Å². The number of fused-ring (bicyclic) bond motifs is 2. The van der Waals surface area contributed by atoms with Gasteiger partial charge >= 0.3 is 0 Å². The van der Waals surface area contributed by atoms with Crippen molar-refractivity contribution in [3.63, 3.8) is 0 Å². The number of benzene rings is 1. The molecular weight excluding hydrogens is 246 g/mol. The second-order valence-electron chi connectivity index (χ2n) is 5.39. The van der Waals surface area contributed by atoms with Gasteiger partial charge in [-0.15, -0.1) is 0 Å². The monoisotopic (exact) mass is 265 g/mol. The first-order valence-corrected chi connectivity index (χ1v) is 6.50. The van der Waals surface area contributed by atoms with Gasteiger partial charge in [0.1, 0.15) is 0 Å². The molecule has 3 rings (SSSR count). The van der Waals surface area contributed by atoms with Crippen molar-refractivity contribution in [2.45, 2.75) is 18.3 Å². The summed E-state index contributed by atoms with van der Waals surface area (Å²) in [6.45, 7) is 1.35. The lowest BCUT2D eigenvalue weighted by molar-refractivity contribution is -0.239. The summed E-state index contributed by atoms with van der Waals surface area (Å²) in [5.41, 5.74) is 0.685. The van der Waals surface area contributed by atoms with Gasteiger partial charge in [-0.05, 0) is 13.1 Å². The van der Waals surface area contributed by atoms with Gasteiger partial charge in [-0.25, -0.2) is 0 Å². The number of aliphatic hydroxyl groups is 2. The molecular formula is C14H19NO4. The molecule has 104 valence electrons. The average Bonchev–Trinajstić information content (AvgIpc) is 2.40. The molecule has 0 radical (unpaired) electrons. The molecule has 1 aromatic carbocycles. The van der Waals surface area contributed by atoms with Gasteiger partial charge in [-0.3, -0.25) is 0 Å². The zero-order chi connectivity index (χ0) is 13.6. The van der Waals surface area contributed by atoms with E-state index >= 15 is 0 Å². The predicted molar refractivity (Wildman–Crippen MR) is 69.1 cm³/mol. The third-order valence-electron chi connectivity index (χ3n) is 4.15. The minimum atomic E-state index is -1.31. The lowest BCUT2D eigenvalue weighted by Gasteiger charge is -2.48. The Labute approximate surface area is 112 Å². The molecule has 3 unspecified atom stereocenters. The van der Waals surface area contributed by atoms with Gasteiger partial charge in [0.2, 0.25) is 5.79 Å². The van der Waals surface area contributed by atoms with Crippen molar-refractivity contribution in [2.24, 2.45) is 5.92 Å². The Morgan fingerprint density at radius 3 is 3.00 bits per heavy atom. The van der Waals surface area contributed by atoms with Crippen LogP contribution in [0.15, 0.2) is 18.2 Å². The van der Waals surface area contributed by atoms with Gasteiger partial charge in [-0.1, -0.05) is 12.1 Å². The van der Waals surface area contributed by atoms with Crippen LogP contribution < -0.4 is 9.47 Å². The summed E-state index contributed by atoms with van der Waals surface area (Å²) in [6.07, 6.45) is -0.269. The van der Waals surface area contributed by atoms with Crippen LogP contribution in [0, 0.1) is 5.92 Å². The lowest BCUT2D eigenvalue weighted by Crippen LogP contribution is -2.58. The molecule has 1 saturated heterocycles. The zero-order valence-electron chi connectivity index (χ0n) is 11.2. The molecule has 2 N–H and O–H groups in total. The molecule has 0 amide bonds. The number of ether oxygens (including phenoxy) is 2. The second kappa shape index (κ2) is 4.37. The highest BCUT2D eigenvalue weighted by atomic mass is 16.6. The molecule has 3 atom stereocenters. The van der Waals surface area contributed by atoms with Crippen molar-refractivity contribution in [2.75, 3.05) is 27.2 Å². The van der Waals surface area contributed by atoms with E-state index in [0.717, 1.165) is 6.54 Å². The lowest BCUT2D eigenvalue weighted by atomic mass is 9.81. The number of rotatable bonds is 1. The highest BCUT2D eigenvalue weighted by molar-refractivity contribution is 5.49. The summed E-state index contributed by atoms with van der Waals surface area (Å²) in [5, 5.41) is 21.2. The van der Waals surface area contributed by atoms with Gasteiger partial charge in [0.05, 0.1) is 19.1 Å². The minimum Gasteiger partial charge on any atom is -0.493 e. The molecule has 2 aliphatic rings. The topological polar surface area (TPSA) is 62.2 Å². The van der Waals surface area contributed by atoms with Gasteiger partial charge < -0.3 is 24.6 Å². The van der Waals surface area contributed by atoms with Crippen LogP contribution in [0.3, 0.4) is 0 Å². The van der Waals surface area contributed by atoms with E-state index in [1.807, 2.05) is 19.2 Å². The van der Waals surface area contributed by atoms with Crippen molar-refractivity contribution in [1.29, 1.82) is 0 Å².